The Morgan fingerprint density at radius 3 is 2.39 bits per heavy atom. The molecule has 0 spiro atoms. The molecule has 0 atom stereocenters. The van der Waals surface area contributed by atoms with Crippen molar-refractivity contribution >= 4 is 31.9 Å². The summed E-state index contributed by atoms with van der Waals surface area (Å²) in [7, 11) is 0. The lowest BCUT2D eigenvalue weighted by molar-refractivity contribution is 0.632. The van der Waals surface area contributed by atoms with Crippen LogP contribution in [0, 0.1) is 13.8 Å². The first-order chi connectivity index (χ1) is 8.47. The van der Waals surface area contributed by atoms with Gasteiger partial charge in [-0.15, -0.1) is 0 Å². The van der Waals surface area contributed by atoms with Crippen molar-refractivity contribution in [2.75, 3.05) is 0 Å². The summed E-state index contributed by atoms with van der Waals surface area (Å²) in [4.78, 5) is 12.0. The minimum absolute atomic E-state index is 0.136. The van der Waals surface area contributed by atoms with E-state index in [4.69, 9.17) is 0 Å². The van der Waals surface area contributed by atoms with Crippen molar-refractivity contribution in [3.63, 3.8) is 0 Å². The third kappa shape index (κ3) is 2.90. The first-order valence-corrected chi connectivity index (χ1v) is 7.04. The van der Waals surface area contributed by atoms with E-state index in [-0.39, 0.29) is 5.56 Å². The van der Waals surface area contributed by atoms with Gasteiger partial charge in [-0.2, -0.15) is 5.10 Å². The highest BCUT2D eigenvalue weighted by atomic mass is 79.9. The van der Waals surface area contributed by atoms with Crippen LogP contribution in [0.25, 0.3) is 0 Å². The Balaban J connectivity index is 2.40. The molecule has 0 bridgehead atoms. The van der Waals surface area contributed by atoms with E-state index in [1.165, 1.54) is 15.8 Å². The molecule has 1 heterocycles. The van der Waals surface area contributed by atoms with Crippen molar-refractivity contribution in [3.8, 4) is 0 Å². The van der Waals surface area contributed by atoms with Gasteiger partial charge in [-0.05, 0) is 51.3 Å². The lowest BCUT2D eigenvalue weighted by atomic mass is 10.1. The summed E-state index contributed by atoms with van der Waals surface area (Å²) >= 11 is 6.52. The molecule has 2 aromatic rings. The molecule has 1 aromatic heterocycles. The smallest absolute Gasteiger partial charge is 0.266 e. The summed E-state index contributed by atoms with van der Waals surface area (Å²) in [5, 5.41) is 4.12. The molecule has 18 heavy (non-hydrogen) atoms. The molecule has 0 aliphatic heterocycles. The average Bonchev–Trinajstić information content (AvgIpc) is 2.29. The molecule has 0 amide bonds. The number of aryl methyl sites for hydroxylation is 2. The molecule has 0 unspecified atom stereocenters. The molecule has 94 valence electrons. The second-order valence-electron chi connectivity index (χ2n) is 4.27. The Bertz CT molecular complexity index is 630. The van der Waals surface area contributed by atoms with E-state index in [1.807, 2.05) is 13.8 Å². The fourth-order valence-corrected chi connectivity index (χ4v) is 2.46. The van der Waals surface area contributed by atoms with Crippen LogP contribution in [0.5, 0.6) is 0 Å². The highest BCUT2D eigenvalue weighted by molar-refractivity contribution is 9.13. The Hall–Kier alpha value is -0.940. The number of nitrogens with zero attached hydrogens (tertiary/aromatic N) is 2. The summed E-state index contributed by atoms with van der Waals surface area (Å²) in [6.07, 6.45) is 1.62. The van der Waals surface area contributed by atoms with Crippen molar-refractivity contribution < 1.29 is 0 Å². The number of hydrogen-bond donors (Lipinski definition) is 0. The number of hydrogen-bond acceptors (Lipinski definition) is 2. The van der Waals surface area contributed by atoms with E-state index in [1.54, 1.807) is 6.20 Å². The molecule has 5 heteroatoms. The molecule has 3 nitrogen and oxygen atoms in total. The summed E-state index contributed by atoms with van der Waals surface area (Å²) in [5.41, 5.74) is 3.32. The zero-order valence-corrected chi connectivity index (χ0v) is 13.2. The van der Waals surface area contributed by atoms with Crippen LogP contribution >= 0.6 is 31.9 Å². The molecular weight excluding hydrogens is 360 g/mol. The Kier molecular flexibility index (Phi) is 4.02. The molecule has 2 rings (SSSR count). The monoisotopic (exact) mass is 370 g/mol. The number of halogens is 2. The van der Waals surface area contributed by atoms with Crippen molar-refractivity contribution in [1.29, 1.82) is 0 Å². The van der Waals surface area contributed by atoms with E-state index < -0.39 is 0 Å². The van der Waals surface area contributed by atoms with Crippen LogP contribution in [0.15, 0.2) is 38.1 Å². The van der Waals surface area contributed by atoms with E-state index >= 15 is 0 Å². The maximum atomic E-state index is 12.0. The van der Waals surface area contributed by atoms with Gasteiger partial charge in [0.1, 0.15) is 4.47 Å². The van der Waals surface area contributed by atoms with Crippen LogP contribution in [-0.2, 0) is 6.54 Å². The first kappa shape index (κ1) is 13.5. The van der Waals surface area contributed by atoms with Gasteiger partial charge >= 0.3 is 0 Å². The van der Waals surface area contributed by atoms with Gasteiger partial charge in [0.05, 0.1) is 17.2 Å². The maximum absolute atomic E-state index is 12.0. The molecule has 0 N–H and O–H groups in total. The van der Waals surface area contributed by atoms with Crippen LogP contribution in [0.4, 0.5) is 0 Å². The second-order valence-corrected chi connectivity index (χ2v) is 5.91. The predicted octanol–water partition coefficient (Wildman–Crippen LogP) is 3.43. The average molecular weight is 372 g/mol. The SMILES string of the molecule is Cc1cc(C)cc(Cn2ncc(Br)c(Br)c2=O)c1. The highest BCUT2D eigenvalue weighted by Gasteiger charge is 2.07. The Labute approximate surface area is 122 Å². The van der Waals surface area contributed by atoms with Crippen LogP contribution in [-0.4, -0.2) is 9.78 Å². The molecular formula is C13H12Br2N2O. The zero-order valence-electron chi connectivity index (χ0n) is 10.1. The van der Waals surface area contributed by atoms with Crippen molar-refractivity contribution in [1.82, 2.24) is 9.78 Å². The molecule has 1 aromatic carbocycles. The quantitative estimate of drug-likeness (QED) is 0.810. The number of aromatic nitrogens is 2. The largest absolute Gasteiger partial charge is 0.282 e. The van der Waals surface area contributed by atoms with Crippen LogP contribution in [0.1, 0.15) is 16.7 Å². The summed E-state index contributed by atoms with van der Waals surface area (Å²) < 4.78 is 2.62. The van der Waals surface area contributed by atoms with Gasteiger partial charge < -0.3 is 0 Å². The molecule has 0 aliphatic carbocycles. The highest BCUT2D eigenvalue weighted by Crippen LogP contribution is 2.17. The molecule has 0 saturated heterocycles. The zero-order chi connectivity index (χ0) is 13.3. The minimum Gasteiger partial charge on any atom is -0.266 e. The fourth-order valence-electron chi connectivity index (χ4n) is 1.89. The van der Waals surface area contributed by atoms with Crippen molar-refractivity contribution in [2.45, 2.75) is 20.4 Å². The summed E-state index contributed by atoms with van der Waals surface area (Å²) in [6, 6.07) is 6.24. The van der Waals surface area contributed by atoms with E-state index in [2.05, 4.69) is 55.2 Å². The lowest BCUT2D eigenvalue weighted by Gasteiger charge is -2.08. The van der Waals surface area contributed by atoms with Gasteiger partial charge in [-0.3, -0.25) is 4.79 Å². The van der Waals surface area contributed by atoms with Gasteiger partial charge in [0, 0.05) is 0 Å². The van der Waals surface area contributed by atoms with Crippen LogP contribution < -0.4 is 5.56 Å². The van der Waals surface area contributed by atoms with Gasteiger partial charge in [0.2, 0.25) is 0 Å². The normalized spacial score (nSPS) is 10.7. The third-order valence-corrected chi connectivity index (χ3v) is 4.46. The van der Waals surface area contributed by atoms with Gasteiger partial charge in [0.25, 0.3) is 5.56 Å². The van der Waals surface area contributed by atoms with Crippen molar-refractivity contribution in [2.24, 2.45) is 0 Å². The lowest BCUT2D eigenvalue weighted by Crippen LogP contribution is -2.24. The van der Waals surface area contributed by atoms with E-state index in [9.17, 15) is 4.79 Å². The second kappa shape index (κ2) is 5.36. The van der Waals surface area contributed by atoms with Crippen molar-refractivity contribution in [3.05, 3.63) is 60.4 Å². The molecule has 0 saturated carbocycles. The molecule has 0 aliphatic rings. The van der Waals surface area contributed by atoms with E-state index in [0.29, 0.717) is 15.5 Å². The number of benzene rings is 1. The Morgan fingerprint density at radius 1 is 1.17 bits per heavy atom. The van der Waals surface area contributed by atoms with Gasteiger partial charge in [-0.25, -0.2) is 4.68 Å². The standard InChI is InChI=1S/C13H12Br2N2O/c1-8-3-9(2)5-10(4-8)7-17-13(18)12(15)11(14)6-16-17/h3-6H,7H2,1-2H3. The van der Waals surface area contributed by atoms with Gasteiger partial charge in [0.15, 0.2) is 0 Å². The fraction of sp³-hybridized carbons (Fsp3) is 0.231. The Morgan fingerprint density at radius 2 is 1.78 bits per heavy atom. The van der Waals surface area contributed by atoms with Crippen LogP contribution in [0.3, 0.4) is 0 Å². The first-order valence-electron chi connectivity index (χ1n) is 5.45. The third-order valence-electron chi connectivity index (χ3n) is 2.56. The topological polar surface area (TPSA) is 34.9 Å². The molecule has 0 radical (unpaired) electrons. The van der Waals surface area contributed by atoms with Gasteiger partial charge in [-0.1, -0.05) is 29.3 Å². The number of rotatable bonds is 2. The van der Waals surface area contributed by atoms with Crippen LogP contribution in [0.2, 0.25) is 0 Å². The predicted molar refractivity (Wildman–Crippen MR) is 78.9 cm³/mol. The summed E-state index contributed by atoms with van der Waals surface area (Å²) in [6.45, 7) is 4.57. The molecule has 0 fully saturated rings. The maximum Gasteiger partial charge on any atom is 0.282 e. The summed E-state index contributed by atoms with van der Waals surface area (Å²) in [5.74, 6) is 0. The van der Waals surface area contributed by atoms with E-state index in [0.717, 1.165) is 5.56 Å². The minimum atomic E-state index is -0.136.